The van der Waals surface area contributed by atoms with Crippen molar-refractivity contribution in [1.29, 1.82) is 0 Å². The molecular formula is C20H33N5O3. The zero-order valence-electron chi connectivity index (χ0n) is 17.4. The maximum Gasteiger partial charge on any atom is 0.309 e. The summed E-state index contributed by atoms with van der Waals surface area (Å²) in [7, 11) is 7.84. The number of amides is 2. The Kier molecular flexibility index (Phi) is 8.69. The third-order valence-corrected chi connectivity index (χ3v) is 4.79. The van der Waals surface area contributed by atoms with Crippen LogP contribution in [0.1, 0.15) is 11.6 Å². The Morgan fingerprint density at radius 3 is 2.21 bits per heavy atom. The number of morpholine rings is 1. The Hall–Kier alpha value is -2.16. The smallest absolute Gasteiger partial charge is 0.309 e. The molecule has 0 radical (unpaired) electrons. The molecule has 28 heavy (non-hydrogen) atoms. The zero-order chi connectivity index (χ0) is 20.5. The van der Waals surface area contributed by atoms with E-state index in [1.807, 2.05) is 38.0 Å². The van der Waals surface area contributed by atoms with E-state index in [4.69, 9.17) is 4.74 Å². The van der Waals surface area contributed by atoms with E-state index in [0.29, 0.717) is 32.8 Å². The van der Waals surface area contributed by atoms with Gasteiger partial charge in [-0.2, -0.15) is 0 Å². The molecule has 2 rings (SSSR count). The number of ether oxygens (including phenoxy) is 1. The van der Waals surface area contributed by atoms with Gasteiger partial charge in [-0.3, -0.25) is 14.5 Å². The zero-order valence-corrected chi connectivity index (χ0v) is 17.4. The van der Waals surface area contributed by atoms with Gasteiger partial charge in [-0.1, -0.05) is 12.1 Å². The van der Waals surface area contributed by atoms with Gasteiger partial charge in [0.25, 0.3) is 0 Å². The number of nitrogens with zero attached hydrogens (tertiary/aromatic N) is 3. The summed E-state index contributed by atoms with van der Waals surface area (Å²) in [5, 5.41) is 5.44. The molecular weight excluding hydrogens is 358 g/mol. The largest absolute Gasteiger partial charge is 0.379 e. The lowest BCUT2D eigenvalue weighted by Crippen LogP contribution is -2.47. The molecule has 0 bridgehead atoms. The summed E-state index contributed by atoms with van der Waals surface area (Å²) in [6.45, 7) is 4.44. The minimum Gasteiger partial charge on any atom is -0.379 e. The Morgan fingerprint density at radius 2 is 1.64 bits per heavy atom. The van der Waals surface area contributed by atoms with Crippen LogP contribution in [0.2, 0.25) is 0 Å². The van der Waals surface area contributed by atoms with Crippen LogP contribution in [0, 0.1) is 0 Å². The molecule has 0 aliphatic carbocycles. The lowest BCUT2D eigenvalue weighted by molar-refractivity contribution is -0.139. The molecule has 2 amide bonds. The molecule has 0 aromatic heterocycles. The molecule has 0 saturated carbocycles. The highest BCUT2D eigenvalue weighted by Crippen LogP contribution is 2.23. The van der Waals surface area contributed by atoms with Crippen LogP contribution < -0.4 is 15.5 Å². The van der Waals surface area contributed by atoms with E-state index in [0.717, 1.165) is 24.3 Å². The second-order valence-electron chi connectivity index (χ2n) is 7.42. The lowest BCUT2D eigenvalue weighted by atomic mass is 10.0. The van der Waals surface area contributed by atoms with Crippen LogP contribution in [-0.2, 0) is 14.3 Å². The van der Waals surface area contributed by atoms with Crippen LogP contribution in [0.15, 0.2) is 24.3 Å². The molecule has 1 atom stereocenters. The molecule has 0 spiro atoms. The van der Waals surface area contributed by atoms with Crippen molar-refractivity contribution in [3.05, 3.63) is 29.8 Å². The fraction of sp³-hybridized carbons (Fsp3) is 0.600. The first kappa shape index (κ1) is 22.1. The summed E-state index contributed by atoms with van der Waals surface area (Å²) in [6, 6.07) is 8.30. The Bertz CT molecular complexity index is 627. The number of anilines is 1. The molecule has 156 valence electrons. The van der Waals surface area contributed by atoms with E-state index in [2.05, 4.69) is 39.8 Å². The van der Waals surface area contributed by atoms with E-state index in [1.165, 1.54) is 0 Å². The van der Waals surface area contributed by atoms with Crippen molar-refractivity contribution >= 4 is 17.5 Å². The van der Waals surface area contributed by atoms with E-state index < -0.39 is 11.8 Å². The van der Waals surface area contributed by atoms with Crippen molar-refractivity contribution in [3.63, 3.8) is 0 Å². The van der Waals surface area contributed by atoms with E-state index in [9.17, 15) is 9.59 Å². The van der Waals surface area contributed by atoms with Crippen LogP contribution in [0.3, 0.4) is 0 Å². The van der Waals surface area contributed by atoms with Crippen molar-refractivity contribution in [2.24, 2.45) is 0 Å². The first-order valence-electron chi connectivity index (χ1n) is 9.68. The molecule has 8 nitrogen and oxygen atoms in total. The maximum atomic E-state index is 12.2. The van der Waals surface area contributed by atoms with Crippen molar-refractivity contribution in [2.75, 3.05) is 79.0 Å². The highest BCUT2D eigenvalue weighted by Gasteiger charge is 2.24. The molecule has 1 aromatic rings. The van der Waals surface area contributed by atoms with E-state index >= 15 is 0 Å². The van der Waals surface area contributed by atoms with Crippen LogP contribution in [0.25, 0.3) is 0 Å². The number of carbonyl (C=O) groups is 2. The number of hydrogen-bond acceptors (Lipinski definition) is 6. The number of benzene rings is 1. The predicted molar refractivity (Wildman–Crippen MR) is 110 cm³/mol. The van der Waals surface area contributed by atoms with Crippen molar-refractivity contribution < 1.29 is 14.3 Å². The monoisotopic (exact) mass is 391 g/mol. The van der Waals surface area contributed by atoms with Gasteiger partial charge >= 0.3 is 11.8 Å². The molecule has 1 aliphatic heterocycles. The highest BCUT2D eigenvalue weighted by atomic mass is 16.5. The maximum absolute atomic E-state index is 12.2. The van der Waals surface area contributed by atoms with Crippen molar-refractivity contribution in [3.8, 4) is 0 Å². The van der Waals surface area contributed by atoms with Crippen LogP contribution in [0.5, 0.6) is 0 Å². The van der Waals surface area contributed by atoms with Gasteiger partial charge in [0.2, 0.25) is 0 Å². The quantitative estimate of drug-likeness (QED) is 0.604. The molecule has 1 aromatic carbocycles. The van der Waals surface area contributed by atoms with Gasteiger partial charge in [0.15, 0.2) is 0 Å². The Morgan fingerprint density at radius 1 is 1.04 bits per heavy atom. The summed E-state index contributed by atoms with van der Waals surface area (Å²) >= 11 is 0. The number of likely N-dealkylation sites (N-methyl/N-ethyl adjacent to an activating group) is 1. The minimum atomic E-state index is -0.595. The van der Waals surface area contributed by atoms with E-state index in [-0.39, 0.29) is 6.04 Å². The number of rotatable bonds is 8. The fourth-order valence-corrected chi connectivity index (χ4v) is 3.08. The number of carbonyl (C=O) groups excluding carboxylic acids is 2. The summed E-state index contributed by atoms with van der Waals surface area (Å²) < 4.78 is 5.46. The SMILES string of the molecule is CN(C)CCNC(=O)C(=O)NC[C@@H](c1ccc(N(C)C)cc1)N1CCOCC1. The van der Waals surface area contributed by atoms with Gasteiger partial charge in [0.1, 0.15) is 0 Å². The van der Waals surface area contributed by atoms with E-state index in [1.54, 1.807) is 0 Å². The van der Waals surface area contributed by atoms with Crippen LogP contribution >= 0.6 is 0 Å². The summed E-state index contributed by atoms with van der Waals surface area (Å²) in [4.78, 5) is 30.5. The summed E-state index contributed by atoms with van der Waals surface area (Å²) in [5.74, 6) is -1.19. The number of nitrogens with one attached hydrogen (secondary N) is 2. The minimum absolute atomic E-state index is 0.00126. The third-order valence-electron chi connectivity index (χ3n) is 4.79. The second kappa shape index (κ2) is 11.0. The molecule has 1 aliphatic rings. The van der Waals surface area contributed by atoms with Gasteiger partial charge in [-0.25, -0.2) is 0 Å². The predicted octanol–water partition coefficient (Wildman–Crippen LogP) is -0.0801. The van der Waals surface area contributed by atoms with Crippen molar-refractivity contribution in [1.82, 2.24) is 20.4 Å². The molecule has 0 unspecified atom stereocenters. The second-order valence-corrected chi connectivity index (χ2v) is 7.42. The number of hydrogen-bond donors (Lipinski definition) is 2. The summed E-state index contributed by atoms with van der Waals surface area (Å²) in [5.41, 5.74) is 2.23. The molecule has 1 fully saturated rings. The van der Waals surface area contributed by atoms with Gasteiger partial charge in [0, 0.05) is 52.5 Å². The normalized spacial score (nSPS) is 15.9. The molecule has 1 saturated heterocycles. The average molecular weight is 392 g/mol. The first-order valence-corrected chi connectivity index (χ1v) is 9.68. The summed E-state index contributed by atoms with van der Waals surface area (Å²) in [6.07, 6.45) is 0. The van der Waals surface area contributed by atoms with Crippen LogP contribution in [-0.4, -0.2) is 95.7 Å². The van der Waals surface area contributed by atoms with Gasteiger partial charge in [0.05, 0.1) is 19.3 Å². The van der Waals surface area contributed by atoms with Gasteiger partial charge in [-0.05, 0) is 31.8 Å². The van der Waals surface area contributed by atoms with Crippen LogP contribution in [0.4, 0.5) is 5.69 Å². The Labute approximate surface area is 167 Å². The standard InChI is InChI=1S/C20H33N5O3/c1-23(2)10-9-21-19(26)20(27)22-15-18(25-11-13-28-14-12-25)16-5-7-17(8-6-16)24(3)4/h5-8,18H,9-15H2,1-4H3,(H,21,26)(H,22,27)/t18-/m0/s1. The highest BCUT2D eigenvalue weighted by molar-refractivity contribution is 6.35. The topological polar surface area (TPSA) is 77.2 Å². The average Bonchev–Trinajstić information content (AvgIpc) is 2.68. The first-order chi connectivity index (χ1) is 13.4. The Balaban J connectivity index is 1.99. The van der Waals surface area contributed by atoms with Gasteiger partial charge in [-0.15, -0.1) is 0 Å². The molecule has 1 heterocycles. The fourth-order valence-electron chi connectivity index (χ4n) is 3.08. The molecule has 2 N–H and O–H groups in total. The van der Waals surface area contributed by atoms with Gasteiger partial charge < -0.3 is 25.2 Å². The molecule has 8 heteroatoms. The lowest BCUT2D eigenvalue weighted by Gasteiger charge is -2.35. The third kappa shape index (κ3) is 6.78. The van der Waals surface area contributed by atoms with Crippen molar-refractivity contribution in [2.45, 2.75) is 6.04 Å².